The van der Waals surface area contributed by atoms with Crippen LogP contribution in [-0.4, -0.2) is 39.0 Å². The molecule has 2 rings (SSSR count). The Kier molecular flexibility index (Phi) is 4.21. The summed E-state index contributed by atoms with van der Waals surface area (Å²) in [7, 11) is 0. The number of nitrogens with one attached hydrogen (secondary N) is 1. The maximum Gasteiger partial charge on any atom is 0.177 e. The molecule has 2 fully saturated rings. The number of thioether (sulfide) groups is 1. The Labute approximate surface area is 107 Å². The van der Waals surface area contributed by atoms with Gasteiger partial charge in [0.05, 0.1) is 0 Å². The van der Waals surface area contributed by atoms with Gasteiger partial charge in [0.1, 0.15) is 0 Å². The van der Waals surface area contributed by atoms with Gasteiger partial charge in [0.25, 0.3) is 0 Å². The predicted molar refractivity (Wildman–Crippen MR) is 70.3 cm³/mol. The number of rotatable bonds is 2. The second kappa shape index (κ2) is 5.04. The van der Waals surface area contributed by atoms with Crippen molar-refractivity contribution in [3.63, 3.8) is 0 Å². The van der Waals surface area contributed by atoms with Gasteiger partial charge in [-0.05, 0) is 28.8 Å². The van der Waals surface area contributed by atoms with E-state index in [0.29, 0.717) is 5.25 Å². The number of hydrogen-bond acceptors (Lipinski definition) is 3. The van der Waals surface area contributed by atoms with Crippen LogP contribution in [0.15, 0.2) is 0 Å². The molecule has 1 N–H and O–H groups in total. The molecule has 0 spiro atoms. The minimum absolute atomic E-state index is 0.0197. The van der Waals surface area contributed by atoms with Gasteiger partial charge >= 0.3 is 0 Å². The molecule has 2 aliphatic rings. The topological polar surface area (TPSA) is 15.3 Å². The highest BCUT2D eigenvalue weighted by molar-refractivity contribution is 9.12. The highest BCUT2D eigenvalue weighted by Gasteiger charge is 2.42. The van der Waals surface area contributed by atoms with E-state index in [9.17, 15) is 0 Å². The van der Waals surface area contributed by atoms with Gasteiger partial charge in [-0.1, -0.05) is 22.4 Å². The fraction of sp³-hybridized carbons (Fsp3) is 1.00. The van der Waals surface area contributed by atoms with E-state index in [1.54, 1.807) is 0 Å². The quantitative estimate of drug-likeness (QED) is 0.612. The van der Waals surface area contributed by atoms with Crippen molar-refractivity contribution in [1.82, 2.24) is 10.2 Å². The van der Waals surface area contributed by atoms with E-state index in [-0.39, 0.29) is 3.90 Å². The van der Waals surface area contributed by atoms with E-state index in [1.165, 1.54) is 32.4 Å². The molecule has 0 aromatic carbocycles. The summed E-state index contributed by atoms with van der Waals surface area (Å²) in [5, 5.41) is 5.35. The molecule has 2 atom stereocenters. The first kappa shape index (κ1) is 11.7. The minimum atomic E-state index is 0.0197. The third kappa shape index (κ3) is 2.48. The zero-order valence-corrected chi connectivity index (χ0v) is 12.1. The normalized spacial score (nSPS) is 40.3. The molecule has 0 amide bonds. The summed E-state index contributed by atoms with van der Waals surface area (Å²) in [5.74, 6) is 0. The average Bonchev–Trinajstić information content (AvgIpc) is 2.63. The average molecular weight is 344 g/mol. The number of piperidine rings is 1. The summed E-state index contributed by atoms with van der Waals surface area (Å²) in [6.45, 7) is 3.54. The van der Waals surface area contributed by atoms with Gasteiger partial charge in [0.15, 0.2) is 3.90 Å². The van der Waals surface area contributed by atoms with E-state index in [1.807, 2.05) is 11.8 Å². The van der Waals surface area contributed by atoms with Crippen molar-refractivity contribution in [2.75, 3.05) is 25.0 Å². The van der Waals surface area contributed by atoms with Gasteiger partial charge in [-0.25, -0.2) is 0 Å². The highest BCUT2D eigenvalue weighted by atomic mass is 79.9. The second-order valence-electron chi connectivity index (χ2n) is 3.88. The maximum atomic E-state index is 3.85. The summed E-state index contributed by atoms with van der Waals surface area (Å²) in [4.78, 5) is 2.53. The molecule has 0 aromatic heterocycles. The molecule has 2 nitrogen and oxygen atoms in total. The van der Waals surface area contributed by atoms with Crippen LogP contribution in [0, 0.1) is 0 Å². The van der Waals surface area contributed by atoms with Crippen molar-refractivity contribution >= 4 is 43.6 Å². The Morgan fingerprint density at radius 3 is 2.64 bits per heavy atom. The molecule has 0 unspecified atom stereocenters. The van der Waals surface area contributed by atoms with Crippen LogP contribution in [0.5, 0.6) is 0 Å². The first-order chi connectivity index (χ1) is 6.74. The number of hydrogen-bond donors (Lipinski definition) is 1. The Morgan fingerprint density at radius 2 is 2.07 bits per heavy atom. The highest BCUT2D eigenvalue weighted by Crippen LogP contribution is 2.42. The number of likely N-dealkylation sites (tertiary alicyclic amines) is 1. The zero-order valence-electron chi connectivity index (χ0n) is 8.14. The van der Waals surface area contributed by atoms with Crippen LogP contribution in [0.2, 0.25) is 0 Å². The lowest BCUT2D eigenvalue weighted by molar-refractivity contribution is 0.182. The third-order valence-corrected chi connectivity index (χ3v) is 6.74. The summed E-state index contributed by atoms with van der Waals surface area (Å²) in [5.41, 5.74) is 0. The number of halogens is 2. The SMILES string of the molecule is BrC[C@H]1CN[C@](Br)(N2CCCCC2)S1. The van der Waals surface area contributed by atoms with Gasteiger partial charge in [0, 0.05) is 30.2 Å². The molecule has 14 heavy (non-hydrogen) atoms. The molecule has 2 saturated heterocycles. The first-order valence-electron chi connectivity index (χ1n) is 5.17. The summed E-state index contributed by atoms with van der Waals surface area (Å²) in [6.07, 6.45) is 4.08. The summed E-state index contributed by atoms with van der Waals surface area (Å²) < 4.78 is 0.0197. The Balaban J connectivity index is 1.94. The molecule has 5 heteroatoms. The van der Waals surface area contributed by atoms with Crippen LogP contribution in [-0.2, 0) is 0 Å². The summed E-state index contributed by atoms with van der Waals surface area (Å²) >= 11 is 9.40. The van der Waals surface area contributed by atoms with Crippen LogP contribution in [0.25, 0.3) is 0 Å². The zero-order chi connectivity index (χ0) is 10.0. The van der Waals surface area contributed by atoms with E-state index < -0.39 is 0 Å². The molecule has 2 heterocycles. The largest absolute Gasteiger partial charge is 0.280 e. The standard InChI is InChI=1S/C9H16Br2N2S/c10-6-8-7-12-9(11,14-8)13-4-2-1-3-5-13/h8,12H,1-7H2/t8-,9+/m0/s1. The number of nitrogens with zero attached hydrogens (tertiary/aromatic N) is 1. The molecular weight excluding hydrogens is 328 g/mol. The van der Waals surface area contributed by atoms with E-state index in [4.69, 9.17) is 0 Å². The smallest absolute Gasteiger partial charge is 0.177 e. The van der Waals surface area contributed by atoms with Crippen LogP contribution in [0.3, 0.4) is 0 Å². The number of alkyl halides is 2. The van der Waals surface area contributed by atoms with Crippen molar-refractivity contribution in [2.45, 2.75) is 28.4 Å². The van der Waals surface area contributed by atoms with Crippen molar-refractivity contribution in [2.24, 2.45) is 0 Å². The van der Waals surface area contributed by atoms with E-state index >= 15 is 0 Å². The monoisotopic (exact) mass is 342 g/mol. The molecule has 0 radical (unpaired) electrons. The molecule has 2 aliphatic heterocycles. The molecule has 82 valence electrons. The minimum Gasteiger partial charge on any atom is -0.280 e. The van der Waals surface area contributed by atoms with Crippen LogP contribution < -0.4 is 5.32 Å². The fourth-order valence-corrected chi connectivity index (χ4v) is 5.10. The molecule has 0 aromatic rings. The second-order valence-corrected chi connectivity index (χ2v) is 7.70. The van der Waals surface area contributed by atoms with Gasteiger partial charge in [-0.15, -0.1) is 11.8 Å². The van der Waals surface area contributed by atoms with Gasteiger partial charge < -0.3 is 0 Å². The molecule has 0 saturated carbocycles. The van der Waals surface area contributed by atoms with Gasteiger partial charge in [-0.2, -0.15) is 0 Å². The van der Waals surface area contributed by atoms with Crippen LogP contribution in [0.4, 0.5) is 0 Å². The van der Waals surface area contributed by atoms with Gasteiger partial charge in [-0.3, -0.25) is 10.2 Å². The molecule has 0 bridgehead atoms. The lowest BCUT2D eigenvalue weighted by atomic mass is 10.1. The lowest BCUT2D eigenvalue weighted by Gasteiger charge is -2.38. The fourth-order valence-electron chi connectivity index (χ4n) is 2.00. The third-order valence-electron chi connectivity index (χ3n) is 2.81. The Morgan fingerprint density at radius 1 is 1.36 bits per heavy atom. The summed E-state index contributed by atoms with van der Waals surface area (Å²) in [6, 6.07) is 0. The van der Waals surface area contributed by atoms with Crippen molar-refractivity contribution in [3.05, 3.63) is 0 Å². The van der Waals surface area contributed by atoms with E-state index in [2.05, 4.69) is 42.1 Å². The van der Waals surface area contributed by atoms with Crippen LogP contribution >= 0.6 is 43.6 Å². The molecular formula is C9H16Br2N2S. The maximum absolute atomic E-state index is 3.85. The molecule has 0 aliphatic carbocycles. The Bertz CT molecular complexity index is 199. The van der Waals surface area contributed by atoms with Crippen molar-refractivity contribution in [3.8, 4) is 0 Å². The first-order valence-corrected chi connectivity index (χ1v) is 7.97. The Hall–Kier alpha value is 1.23. The van der Waals surface area contributed by atoms with Crippen LogP contribution in [0.1, 0.15) is 19.3 Å². The van der Waals surface area contributed by atoms with E-state index in [0.717, 1.165) is 11.9 Å². The van der Waals surface area contributed by atoms with Crippen molar-refractivity contribution < 1.29 is 0 Å². The van der Waals surface area contributed by atoms with Gasteiger partial charge in [0.2, 0.25) is 0 Å². The predicted octanol–water partition coefficient (Wildman–Crippen LogP) is 2.58. The lowest BCUT2D eigenvalue weighted by Crippen LogP contribution is -2.50. The van der Waals surface area contributed by atoms with Crippen molar-refractivity contribution in [1.29, 1.82) is 0 Å².